The predicted octanol–water partition coefficient (Wildman–Crippen LogP) is 5.77. The highest BCUT2D eigenvalue weighted by molar-refractivity contribution is 6.30. The SMILES string of the molecule is C[C@H](NCc1ccccc1OCc1cccc(Cl)c1)c1ccccc1. The van der Waals surface area contributed by atoms with Crippen LogP contribution in [0.3, 0.4) is 0 Å². The molecule has 0 amide bonds. The molecule has 0 aliphatic carbocycles. The molecule has 0 radical (unpaired) electrons. The summed E-state index contributed by atoms with van der Waals surface area (Å²) < 4.78 is 6.02. The van der Waals surface area contributed by atoms with E-state index in [0.717, 1.165) is 28.4 Å². The van der Waals surface area contributed by atoms with E-state index >= 15 is 0 Å². The van der Waals surface area contributed by atoms with Crippen molar-refractivity contribution in [1.29, 1.82) is 0 Å². The molecule has 0 aliphatic heterocycles. The van der Waals surface area contributed by atoms with E-state index in [0.29, 0.717) is 6.61 Å². The van der Waals surface area contributed by atoms with Crippen LogP contribution in [0.2, 0.25) is 5.02 Å². The predicted molar refractivity (Wildman–Crippen MR) is 104 cm³/mol. The maximum atomic E-state index is 6.04. The third kappa shape index (κ3) is 5.09. The van der Waals surface area contributed by atoms with Crippen molar-refractivity contribution in [1.82, 2.24) is 5.32 Å². The molecule has 2 nitrogen and oxygen atoms in total. The highest BCUT2D eigenvalue weighted by Crippen LogP contribution is 2.21. The van der Waals surface area contributed by atoms with Crippen molar-refractivity contribution in [2.75, 3.05) is 0 Å². The minimum absolute atomic E-state index is 0.280. The number of para-hydroxylation sites is 1. The Kier molecular flexibility index (Phi) is 6.10. The van der Waals surface area contributed by atoms with E-state index in [2.05, 4.69) is 42.6 Å². The van der Waals surface area contributed by atoms with Gasteiger partial charge in [-0.1, -0.05) is 72.3 Å². The van der Waals surface area contributed by atoms with Crippen LogP contribution in [0.1, 0.15) is 29.7 Å². The largest absolute Gasteiger partial charge is 0.489 e. The molecule has 0 heterocycles. The summed E-state index contributed by atoms with van der Waals surface area (Å²) in [5.74, 6) is 0.898. The van der Waals surface area contributed by atoms with Gasteiger partial charge in [0.25, 0.3) is 0 Å². The van der Waals surface area contributed by atoms with Gasteiger partial charge in [0.05, 0.1) is 0 Å². The average Bonchev–Trinajstić information content (AvgIpc) is 2.66. The normalized spacial score (nSPS) is 11.9. The molecule has 0 saturated carbocycles. The Labute approximate surface area is 154 Å². The number of rotatable bonds is 7. The molecule has 0 spiro atoms. The third-order valence-corrected chi connectivity index (χ3v) is 4.39. The molecular weight excluding hydrogens is 330 g/mol. The lowest BCUT2D eigenvalue weighted by atomic mass is 10.1. The molecule has 3 heteroatoms. The minimum Gasteiger partial charge on any atom is -0.489 e. The molecule has 0 bridgehead atoms. The van der Waals surface area contributed by atoms with Gasteiger partial charge in [0.15, 0.2) is 0 Å². The summed E-state index contributed by atoms with van der Waals surface area (Å²) in [6, 6.07) is 26.6. The number of hydrogen-bond donors (Lipinski definition) is 1. The first kappa shape index (κ1) is 17.5. The zero-order valence-electron chi connectivity index (χ0n) is 14.3. The van der Waals surface area contributed by atoms with Gasteiger partial charge in [-0.15, -0.1) is 0 Å². The molecule has 1 atom stereocenters. The van der Waals surface area contributed by atoms with Gasteiger partial charge in [-0.2, -0.15) is 0 Å². The van der Waals surface area contributed by atoms with Crippen LogP contribution in [0.4, 0.5) is 0 Å². The van der Waals surface area contributed by atoms with E-state index in [1.54, 1.807) is 0 Å². The molecule has 1 N–H and O–H groups in total. The molecular formula is C22H22ClNO. The van der Waals surface area contributed by atoms with Crippen molar-refractivity contribution in [3.63, 3.8) is 0 Å². The molecule has 3 rings (SSSR count). The van der Waals surface area contributed by atoms with Gasteiger partial charge in [0.2, 0.25) is 0 Å². The Balaban J connectivity index is 1.62. The summed E-state index contributed by atoms with van der Waals surface area (Å²) >= 11 is 6.04. The number of halogens is 1. The third-order valence-electron chi connectivity index (χ3n) is 4.15. The second-order valence-corrected chi connectivity index (χ2v) is 6.48. The van der Waals surface area contributed by atoms with Gasteiger partial charge >= 0.3 is 0 Å². The quantitative estimate of drug-likeness (QED) is 0.583. The van der Waals surface area contributed by atoms with Crippen molar-refractivity contribution in [2.45, 2.75) is 26.1 Å². The van der Waals surface area contributed by atoms with Crippen LogP contribution in [-0.4, -0.2) is 0 Å². The Hall–Kier alpha value is -2.29. The zero-order valence-corrected chi connectivity index (χ0v) is 15.0. The summed E-state index contributed by atoms with van der Waals surface area (Å²) in [6.45, 7) is 3.43. The van der Waals surface area contributed by atoms with Gasteiger partial charge in [-0.05, 0) is 36.2 Å². The summed E-state index contributed by atoms with van der Waals surface area (Å²) in [4.78, 5) is 0. The molecule has 0 fully saturated rings. The highest BCUT2D eigenvalue weighted by Gasteiger charge is 2.07. The zero-order chi connectivity index (χ0) is 17.5. The molecule has 0 unspecified atom stereocenters. The van der Waals surface area contributed by atoms with Crippen LogP contribution in [0.5, 0.6) is 5.75 Å². The lowest BCUT2D eigenvalue weighted by molar-refractivity contribution is 0.301. The van der Waals surface area contributed by atoms with E-state index in [1.165, 1.54) is 5.56 Å². The van der Waals surface area contributed by atoms with Crippen LogP contribution in [0, 0.1) is 0 Å². The Morgan fingerprint density at radius 1 is 0.920 bits per heavy atom. The summed E-state index contributed by atoms with van der Waals surface area (Å²) in [5, 5.41) is 4.29. The maximum Gasteiger partial charge on any atom is 0.124 e. The van der Waals surface area contributed by atoms with Crippen molar-refractivity contribution in [2.24, 2.45) is 0 Å². The second-order valence-electron chi connectivity index (χ2n) is 6.04. The van der Waals surface area contributed by atoms with Crippen LogP contribution in [0.15, 0.2) is 78.9 Å². The van der Waals surface area contributed by atoms with Gasteiger partial charge in [0, 0.05) is 23.2 Å². The van der Waals surface area contributed by atoms with Crippen molar-refractivity contribution in [3.8, 4) is 5.75 Å². The molecule has 0 aromatic heterocycles. The monoisotopic (exact) mass is 351 g/mol. The Morgan fingerprint density at radius 2 is 1.68 bits per heavy atom. The first-order valence-corrected chi connectivity index (χ1v) is 8.83. The first-order chi connectivity index (χ1) is 12.2. The van der Waals surface area contributed by atoms with E-state index in [9.17, 15) is 0 Å². The van der Waals surface area contributed by atoms with Gasteiger partial charge in [-0.25, -0.2) is 0 Å². The summed E-state index contributed by atoms with van der Waals surface area (Å²) in [6.07, 6.45) is 0. The fraction of sp³-hybridized carbons (Fsp3) is 0.182. The van der Waals surface area contributed by atoms with Crippen molar-refractivity contribution < 1.29 is 4.74 Å². The standard InChI is InChI=1S/C22H22ClNO/c1-17(19-9-3-2-4-10-19)24-15-20-11-5-6-13-22(20)25-16-18-8-7-12-21(23)14-18/h2-14,17,24H,15-16H2,1H3/t17-/m0/s1. The van der Waals surface area contributed by atoms with E-state index in [4.69, 9.17) is 16.3 Å². The van der Waals surface area contributed by atoms with Crippen LogP contribution >= 0.6 is 11.6 Å². The molecule has 25 heavy (non-hydrogen) atoms. The Bertz CT molecular complexity index is 804. The van der Waals surface area contributed by atoms with E-state index in [-0.39, 0.29) is 6.04 Å². The number of hydrogen-bond acceptors (Lipinski definition) is 2. The van der Waals surface area contributed by atoms with Crippen LogP contribution < -0.4 is 10.1 Å². The molecule has 3 aromatic carbocycles. The minimum atomic E-state index is 0.280. The number of benzene rings is 3. The fourth-order valence-corrected chi connectivity index (χ4v) is 2.91. The summed E-state index contributed by atoms with van der Waals surface area (Å²) in [5.41, 5.74) is 3.49. The van der Waals surface area contributed by atoms with E-state index < -0.39 is 0 Å². The van der Waals surface area contributed by atoms with Crippen molar-refractivity contribution >= 4 is 11.6 Å². The lowest BCUT2D eigenvalue weighted by Gasteiger charge is -2.16. The number of ether oxygens (including phenoxy) is 1. The van der Waals surface area contributed by atoms with Crippen molar-refractivity contribution in [3.05, 3.63) is 101 Å². The van der Waals surface area contributed by atoms with Gasteiger partial charge in [0.1, 0.15) is 12.4 Å². The topological polar surface area (TPSA) is 21.3 Å². The molecule has 3 aromatic rings. The van der Waals surface area contributed by atoms with Crippen LogP contribution in [-0.2, 0) is 13.2 Å². The molecule has 128 valence electrons. The molecule has 0 saturated heterocycles. The summed E-state index contributed by atoms with van der Waals surface area (Å²) in [7, 11) is 0. The second kappa shape index (κ2) is 8.70. The smallest absolute Gasteiger partial charge is 0.124 e. The number of nitrogens with one attached hydrogen (secondary N) is 1. The average molecular weight is 352 g/mol. The van der Waals surface area contributed by atoms with E-state index in [1.807, 2.05) is 48.5 Å². The van der Waals surface area contributed by atoms with Gasteiger partial charge < -0.3 is 10.1 Å². The van der Waals surface area contributed by atoms with Gasteiger partial charge in [-0.3, -0.25) is 0 Å². The fourth-order valence-electron chi connectivity index (χ4n) is 2.70. The lowest BCUT2D eigenvalue weighted by Crippen LogP contribution is -2.18. The highest BCUT2D eigenvalue weighted by atomic mass is 35.5. The first-order valence-electron chi connectivity index (χ1n) is 8.46. The molecule has 0 aliphatic rings. The van der Waals surface area contributed by atoms with Crippen LogP contribution in [0.25, 0.3) is 0 Å². The maximum absolute atomic E-state index is 6.04. The Morgan fingerprint density at radius 3 is 2.48 bits per heavy atom.